The maximum atomic E-state index is 12.2. The molecule has 0 nitrogen and oxygen atoms in total. The van der Waals surface area contributed by atoms with Crippen LogP contribution in [-0.2, 0) is 0 Å². The average molecular weight is 214 g/mol. The predicted octanol–water partition coefficient (Wildman–Crippen LogP) is 4.72. The van der Waals surface area contributed by atoms with E-state index in [9.17, 15) is 8.78 Å². The van der Waals surface area contributed by atoms with E-state index >= 15 is 0 Å². The van der Waals surface area contributed by atoms with E-state index < -0.39 is 11.6 Å². The third kappa shape index (κ3) is 7.06. The van der Waals surface area contributed by atoms with Crippen LogP contribution in [0.1, 0.15) is 39.2 Å². The highest BCUT2D eigenvalue weighted by molar-refractivity contribution is 5.15. The standard InChI is InChI=1S/C7H6F2.C4H8.C2H6/c1-5-2-3-6(8)7(9)4-5;1-4-2-3-4;1-2/h2-4H,1H3;4H,2-3H2,1H3;1-2H3. The molecule has 86 valence electrons. The van der Waals surface area contributed by atoms with E-state index in [1.165, 1.54) is 18.9 Å². The number of benzene rings is 1. The SMILES string of the molecule is CC.CC1CC1.Cc1ccc(F)c(F)c1. The van der Waals surface area contributed by atoms with Gasteiger partial charge in [0.05, 0.1) is 0 Å². The van der Waals surface area contributed by atoms with E-state index in [-0.39, 0.29) is 0 Å². The van der Waals surface area contributed by atoms with Crippen molar-refractivity contribution in [1.29, 1.82) is 0 Å². The Morgan fingerprint density at radius 2 is 1.53 bits per heavy atom. The van der Waals surface area contributed by atoms with Crippen LogP contribution in [0.25, 0.3) is 0 Å². The first-order valence-corrected chi connectivity index (χ1v) is 5.51. The van der Waals surface area contributed by atoms with Crippen molar-refractivity contribution in [3.8, 4) is 0 Å². The molecule has 1 aromatic carbocycles. The van der Waals surface area contributed by atoms with Crippen molar-refractivity contribution in [2.45, 2.75) is 40.5 Å². The maximum absolute atomic E-state index is 12.2. The molecule has 0 atom stereocenters. The Morgan fingerprint density at radius 3 is 1.80 bits per heavy atom. The van der Waals surface area contributed by atoms with Gasteiger partial charge >= 0.3 is 0 Å². The van der Waals surface area contributed by atoms with Gasteiger partial charge in [0.25, 0.3) is 0 Å². The topological polar surface area (TPSA) is 0 Å². The van der Waals surface area contributed by atoms with Crippen LogP contribution in [0.4, 0.5) is 8.78 Å². The maximum Gasteiger partial charge on any atom is 0.159 e. The Kier molecular flexibility index (Phi) is 6.93. The summed E-state index contributed by atoms with van der Waals surface area (Å²) in [5, 5.41) is 0. The molecule has 1 fully saturated rings. The van der Waals surface area contributed by atoms with Crippen molar-refractivity contribution >= 4 is 0 Å². The lowest BCUT2D eigenvalue weighted by Gasteiger charge is -1.91. The van der Waals surface area contributed by atoms with Crippen LogP contribution in [-0.4, -0.2) is 0 Å². The molecular weight excluding hydrogens is 194 g/mol. The number of halogens is 2. The molecule has 0 amide bonds. The lowest BCUT2D eigenvalue weighted by atomic mass is 10.2. The van der Waals surface area contributed by atoms with Gasteiger partial charge in [-0.25, -0.2) is 8.78 Å². The minimum atomic E-state index is -0.791. The molecular formula is C13H20F2. The van der Waals surface area contributed by atoms with Crippen molar-refractivity contribution in [2.24, 2.45) is 5.92 Å². The summed E-state index contributed by atoms with van der Waals surface area (Å²) in [6, 6.07) is 3.80. The van der Waals surface area contributed by atoms with Crippen LogP contribution in [0.15, 0.2) is 18.2 Å². The van der Waals surface area contributed by atoms with Gasteiger partial charge in [0, 0.05) is 0 Å². The molecule has 0 heterocycles. The molecule has 0 bridgehead atoms. The molecule has 1 aliphatic rings. The van der Waals surface area contributed by atoms with Crippen LogP contribution < -0.4 is 0 Å². The molecule has 1 aliphatic carbocycles. The van der Waals surface area contributed by atoms with Gasteiger partial charge in [0.1, 0.15) is 0 Å². The number of hydrogen-bond donors (Lipinski definition) is 0. The van der Waals surface area contributed by atoms with Gasteiger partial charge in [-0.05, 0) is 30.5 Å². The summed E-state index contributed by atoms with van der Waals surface area (Å²) >= 11 is 0. The van der Waals surface area contributed by atoms with Crippen LogP contribution in [0.3, 0.4) is 0 Å². The van der Waals surface area contributed by atoms with Crippen LogP contribution >= 0.6 is 0 Å². The highest BCUT2D eigenvalue weighted by atomic mass is 19.2. The molecule has 1 aromatic rings. The largest absolute Gasteiger partial charge is 0.204 e. The summed E-state index contributed by atoms with van der Waals surface area (Å²) in [4.78, 5) is 0. The third-order valence-electron chi connectivity index (χ3n) is 1.94. The zero-order valence-corrected chi connectivity index (χ0v) is 9.98. The molecule has 1 saturated carbocycles. The molecule has 0 N–H and O–H groups in total. The van der Waals surface area contributed by atoms with E-state index in [2.05, 4.69) is 6.92 Å². The Labute approximate surface area is 91.3 Å². The Bertz CT molecular complexity index is 278. The smallest absolute Gasteiger partial charge is 0.159 e. The van der Waals surface area contributed by atoms with Crippen molar-refractivity contribution in [1.82, 2.24) is 0 Å². The Morgan fingerprint density at radius 1 is 1.07 bits per heavy atom. The first kappa shape index (κ1) is 14.1. The zero-order chi connectivity index (χ0) is 11.8. The van der Waals surface area contributed by atoms with E-state index in [4.69, 9.17) is 0 Å². The third-order valence-corrected chi connectivity index (χ3v) is 1.94. The fourth-order valence-electron chi connectivity index (χ4n) is 0.768. The van der Waals surface area contributed by atoms with E-state index in [0.717, 1.165) is 23.6 Å². The predicted molar refractivity (Wildman–Crippen MR) is 60.8 cm³/mol. The molecule has 15 heavy (non-hydrogen) atoms. The van der Waals surface area contributed by atoms with Gasteiger partial charge in [-0.15, -0.1) is 0 Å². The fraction of sp³-hybridized carbons (Fsp3) is 0.538. The lowest BCUT2D eigenvalue weighted by Crippen LogP contribution is -1.82. The van der Waals surface area contributed by atoms with Gasteiger partial charge in [0.2, 0.25) is 0 Å². The Hall–Kier alpha value is -0.920. The van der Waals surface area contributed by atoms with Gasteiger partial charge in [-0.3, -0.25) is 0 Å². The second-order valence-corrected chi connectivity index (χ2v) is 3.60. The zero-order valence-electron chi connectivity index (χ0n) is 9.98. The first-order valence-electron chi connectivity index (χ1n) is 5.51. The van der Waals surface area contributed by atoms with Crippen molar-refractivity contribution in [3.05, 3.63) is 35.4 Å². The minimum Gasteiger partial charge on any atom is -0.204 e. The second-order valence-electron chi connectivity index (χ2n) is 3.60. The number of rotatable bonds is 0. The summed E-state index contributed by atoms with van der Waals surface area (Å²) in [6.07, 6.45) is 2.97. The van der Waals surface area contributed by atoms with Crippen molar-refractivity contribution in [3.63, 3.8) is 0 Å². The monoisotopic (exact) mass is 214 g/mol. The molecule has 2 rings (SSSR count). The number of aryl methyl sites for hydroxylation is 1. The van der Waals surface area contributed by atoms with E-state index in [0.29, 0.717) is 0 Å². The normalized spacial score (nSPS) is 13.2. The summed E-state index contributed by atoms with van der Waals surface area (Å²) in [5.41, 5.74) is 0.730. The fourth-order valence-corrected chi connectivity index (χ4v) is 0.768. The van der Waals surface area contributed by atoms with Crippen LogP contribution in [0.2, 0.25) is 0 Å². The lowest BCUT2D eigenvalue weighted by molar-refractivity contribution is 0.508. The quantitative estimate of drug-likeness (QED) is 0.586. The Balaban J connectivity index is 0.000000272. The van der Waals surface area contributed by atoms with Crippen LogP contribution in [0, 0.1) is 24.5 Å². The van der Waals surface area contributed by atoms with Crippen LogP contribution in [0.5, 0.6) is 0 Å². The van der Waals surface area contributed by atoms with Crippen molar-refractivity contribution < 1.29 is 8.78 Å². The highest BCUT2D eigenvalue weighted by Crippen LogP contribution is 2.26. The van der Waals surface area contributed by atoms with Gasteiger partial charge in [0.15, 0.2) is 11.6 Å². The molecule has 0 aliphatic heterocycles. The van der Waals surface area contributed by atoms with Gasteiger partial charge in [-0.1, -0.05) is 39.7 Å². The first-order chi connectivity index (χ1) is 7.09. The molecule has 0 radical (unpaired) electrons. The molecule has 0 unspecified atom stereocenters. The van der Waals surface area contributed by atoms with Gasteiger partial charge < -0.3 is 0 Å². The second kappa shape index (κ2) is 7.38. The summed E-state index contributed by atoms with van der Waals surface area (Å²) in [5.74, 6) is -0.490. The minimum absolute atomic E-state index is 0.730. The van der Waals surface area contributed by atoms with E-state index in [1.807, 2.05) is 13.8 Å². The highest BCUT2D eigenvalue weighted by Gasteiger charge is 2.12. The molecule has 0 spiro atoms. The summed E-state index contributed by atoms with van der Waals surface area (Å²) in [7, 11) is 0. The molecule has 0 aromatic heterocycles. The van der Waals surface area contributed by atoms with Gasteiger partial charge in [-0.2, -0.15) is 0 Å². The van der Waals surface area contributed by atoms with Crippen molar-refractivity contribution in [2.75, 3.05) is 0 Å². The average Bonchev–Trinajstić information content (AvgIpc) is 2.99. The summed E-state index contributed by atoms with van der Waals surface area (Å²) in [6.45, 7) is 7.99. The van der Waals surface area contributed by atoms with E-state index in [1.54, 1.807) is 6.92 Å². The number of hydrogen-bond acceptors (Lipinski definition) is 0. The summed E-state index contributed by atoms with van der Waals surface area (Å²) < 4.78 is 24.3. The molecule has 0 saturated heterocycles. The molecule has 2 heteroatoms.